The van der Waals surface area contributed by atoms with Crippen molar-refractivity contribution in [3.8, 4) is 0 Å². The Labute approximate surface area is 122 Å². The van der Waals surface area contributed by atoms with Crippen molar-refractivity contribution in [2.75, 3.05) is 25.5 Å². The molecule has 0 spiro atoms. The molecule has 0 aromatic heterocycles. The van der Waals surface area contributed by atoms with Gasteiger partial charge >= 0.3 is 0 Å². The third kappa shape index (κ3) is 5.72. The minimum absolute atomic E-state index is 0.0434. The van der Waals surface area contributed by atoms with Crippen LogP contribution in [0, 0.1) is 5.92 Å². The lowest BCUT2D eigenvalue weighted by Crippen LogP contribution is -2.28. The molecule has 0 saturated carbocycles. The van der Waals surface area contributed by atoms with Crippen LogP contribution in [0.1, 0.15) is 32.3 Å². The van der Waals surface area contributed by atoms with Crippen LogP contribution < -0.4 is 11.1 Å². The summed E-state index contributed by atoms with van der Waals surface area (Å²) in [6.07, 6.45) is 1.67. The van der Waals surface area contributed by atoms with Gasteiger partial charge < -0.3 is 16.0 Å². The van der Waals surface area contributed by atoms with Gasteiger partial charge in [0, 0.05) is 31.7 Å². The Hall–Kier alpha value is -1.39. The number of carbonyl (C=O) groups excluding carboxylic acids is 1. The van der Waals surface area contributed by atoms with Crippen LogP contribution in [0.4, 0.5) is 5.69 Å². The normalized spacial score (nSPS) is 12.4. The zero-order chi connectivity index (χ0) is 15.0. The molecule has 1 amide bonds. The van der Waals surface area contributed by atoms with Gasteiger partial charge in [0.1, 0.15) is 0 Å². The number of amides is 1. The third-order valence-corrected chi connectivity index (χ3v) is 3.55. The minimum atomic E-state index is 0.0434. The number of nitrogens with two attached hydrogens (primary N) is 1. The van der Waals surface area contributed by atoms with Crippen LogP contribution in [0.3, 0.4) is 0 Å². The molecule has 1 aromatic carbocycles. The van der Waals surface area contributed by atoms with E-state index in [2.05, 4.69) is 31.1 Å². The minimum Gasteiger partial charge on any atom is -0.326 e. The maximum absolute atomic E-state index is 12.0. The molecule has 0 saturated heterocycles. The fourth-order valence-electron chi connectivity index (χ4n) is 2.08. The lowest BCUT2D eigenvalue weighted by Gasteiger charge is -2.20. The molecule has 20 heavy (non-hydrogen) atoms. The molecule has 1 unspecified atom stereocenters. The van der Waals surface area contributed by atoms with Crippen molar-refractivity contribution >= 4 is 11.6 Å². The van der Waals surface area contributed by atoms with E-state index in [4.69, 9.17) is 5.73 Å². The number of carbonyl (C=O) groups is 1. The van der Waals surface area contributed by atoms with Crippen molar-refractivity contribution in [3.63, 3.8) is 0 Å². The Balaban J connectivity index is 2.40. The lowest BCUT2D eigenvalue weighted by molar-refractivity contribution is -0.116. The summed E-state index contributed by atoms with van der Waals surface area (Å²) >= 11 is 0. The molecule has 0 aliphatic heterocycles. The van der Waals surface area contributed by atoms with Gasteiger partial charge in [0.15, 0.2) is 0 Å². The van der Waals surface area contributed by atoms with Crippen LogP contribution in [-0.4, -0.2) is 30.9 Å². The first kappa shape index (κ1) is 16.7. The number of hydrogen-bond acceptors (Lipinski definition) is 3. The second-order valence-electron chi connectivity index (χ2n) is 5.44. The average Bonchev–Trinajstić information content (AvgIpc) is 2.45. The zero-order valence-corrected chi connectivity index (χ0v) is 12.9. The molecule has 112 valence electrons. The molecule has 4 heteroatoms. The number of para-hydroxylation sites is 1. The predicted octanol–water partition coefficient (Wildman–Crippen LogP) is 2.45. The van der Waals surface area contributed by atoms with E-state index in [0.29, 0.717) is 18.9 Å². The average molecular weight is 277 g/mol. The molecule has 0 aliphatic rings. The maximum atomic E-state index is 12.0. The SMILES string of the molecule is CCC(C)CN(C)CCC(=O)Nc1ccccc1CN. The molecule has 3 N–H and O–H groups in total. The van der Waals surface area contributed by atoms with Crippen molar-refractivity contribution in [1.82, 2.24) is 4.90 Å². The topological polar surface area (TPSA) is 58.4 Å². The Morgan fingerprint density at radius 3 is 2.75 bits per heavy atom. The second kappa shape index (κ2) is 8.72. The van der Waals surface area contributed by atoms with Crippen molar-refractivity contribution in [3.05, 3.63) is 29.8 Å². The fraction of sp³-hybridized carbons (Fsp3) is 0.562. The summed E-state index contributed by atoms with van der Waals surface area (Å²) in [4.78, 5) is 14.2. The fourth-order valence-corrected chi connectivity index (χ4v) is 2.08. The van der Waals surface area contributed by atoms with Gasteiger partial charge in [0.2, 0.25) is 5.91 Å². The summed E-state index contributed by atoms with van der Waals surface area (Å²) in [5, 5.41) is 2.94. The number of nitrogens with zero attached hydrogens (tertiary/aromatic N) is 1. The summed E-state index contributed by atoms with van der Waals surface area (Å²) in [6, 6.07) is 7.66. The number of nitrogens with one attached hydrogen (secondary N) is 1. The standard InChI is InChI=1S/C16H27N3O/c1-4-13(2)12-19(3)10-9-16(20)18-15-8-6-5-7-14(15)11-17/h5-8,13H,4,9-12,17H2,1-3H3,(H,18,20). The number of benzene rings is 1. The Bertz CT molecular complexity index is 420. The lowest BCUT2D eigenvalue weighted by atomic mass is 10.1. The first-order chi connectivity index (χ1) is 9.56. The molecule has 0 aliphatic carbocycles. The van der Waals surface area contributed by atoms with E-state index < -0.39 is 0 Å². The van der Waals surface area contributed by atoms with Crippen LogP contribution in [-0.2, 0) is 11.3 Å². The highest BCUT2D eigenvalue weighted by atomic mass is 16.1. The largest absolute Gasteiger partial charge is 0.326 e. The Morgan fingerprint density at radius 1 is 1.40 bits per heavy atom. The van der Waals surface area contributed by atoms with Crippen molar-refractivity contribution in [2.24, 2.45) is 11.7 Å². The first-order valence-corrected chi connectivity index (χ1v) is 7.33. The Kier molecular flexibility index (Phi) is 7.26. The molecule has 0 heterocycles. The summed E-state index contributed by atoms with van der Waals surface area (Å²) in [6.45, 7) is 6.66. The molecule has 4 nitrogen and oxygen atoms in total. The van der Waals surface area contributed by atoms with Gasteiger partial charge in [0.05, 0.1) is 0 Å². The van der Waals surface area contributed by atoms with E-state index in [1.165, 1.54) is 6.42 Å². The van der Waals surface area contributed by atoms with Gasteiger partial charge in [-0.1, -0.05) is 38.5 Å². The van der Waals surface area contributed by atoms with E-state index in [1.54, 1.807) is 0 Å². The van der Waals surface area contributed by atoms with Crippen molar-refractivity contribution in [1.29, 1.82) is 0 Å². The predicted molar refractivity (Wildman–Crippen MR) is 84.5 cm³/mol. The summed E-state index contributed by atoms with van der Waals surface area (Å²) < 4.78 is 0. The molecule has 0 bridgehead atoms. The zero-order valence-electron chi connectivity index (χ0n) is 12.9. The first-order valence-electron chi connectivity index (χ1n) is 7.33. The van der Waals surface area contributed by atoms with E-state index in [1.807, 2.05) is 24.3 Å². The van der Waals surface area contributed by atoms with E-state index in [-0.39, 0.29) is 5.91 Å². The molecule has 1 aromatic rings. The van der Waals surface area contributed by atoms with Crippen LogP contribution in [0.25, 0.3) is 0 Å². The summed E-state index contributed by atoms with van der Waals surface area (Å²) in [5.74, 6) is 0.711. The van der Waals surface area contributed by atoms with E-state index >= 15 is 0 Å². The van der Waals surface area contributed by atoms with Gasteiger partial charge in [-0.25, -0.2) is 0 Å². The van der Waals surface area contributed by atoms with Crippen LogP contribution in [0.2, 0.25) is 0 Å². The van der Waals surface area contributed by atoms with Crippen molar-refractivity contribution < 1.29 is 4.79 Å². The molecule has 1 rings (SSSR count). The highest BCUT2D eigenvalue weighted by molar-refractivity contribution is 5.91. The van der Waals surface area contributed by atoms with Crippen molar-refractivity contribution in [2.45, 2.75) is 33.2 Å². The molecule has 0 fully saturated rings. The van der Waals surface area contributed by atoms with Gasteiger partial charge in [-0.05, 0) is 24.6 Å². The van der Waals surface area contributed by atoms with Gasteiger partial charge in [-0.3, -0.25) is 4.79 Å². The molecular weight excluding hydrogens is 250 g/mol. The number of anilines is 1. The smallest absolute Gasteiger partial charge is 0.225 e. The van der Waals surface area contributed by atoms with E-state index in [0.717, 1.165) is 24.3 Å². The van der Waals surface area contributed by atoms with Gasteiger partial charge in [-0.2, -0.15) is 0 Å². The number of hydrogen-bond donors (Lipinski definition) is 2. The second-order valence-corrected chi connectivity index (χ2v) is 5.44. The van der Waals surface area contributed by atoms with Gasteiger partial charge in [-0.15, -0.1) is 0 Å². The summed E-state index contributed by atoms with van der Waals surface area (Å²) in [5.41, 5.74) is 7.45. The third-order valence-electron chi connectivity index (χ3n) is 3.55. The quantitative estimate of drug-likeness (QED) is 0.767. The monoisotopic (exact) mass is 277 g/mol. The molecular formula is C16H27N3O. The van der Waals surface area contributed by atoms with Crippen LogP contribution in [0.5, 0.6) is 0 Å². The van der Waals surface area contributed by atoms with E-state index in [9.17, 15) is 4.79 Å². The molecule has 0 radical (unpaired) electrons. The highest BCUT2D eigenvalue weighted by Crippen LogP contribution is 2.14. The van der Waals surface area contributed by atoms with Crippen LogP contribution >= 0.6 is 0 Å². The van der Waals surface area contributed by atoms with Crippen LogP contribution in [0.15, 0.2) is 24.3 Å². The Morgan fingerprint density at radius 2 is 2.10 bits per heavy atom. The number of rotatable bonds is 8. The summed E-state index contributed by atoms with van der Waals surface area (Å²) in [7, 11) is 2.06. The maximum Gasteiger partial charge on any atom is 0.225 e. The molecule has 1 atom stereocenters. The highest BCUT2D eigenvalue weighted by Gasteiger charge is 2.09. The van der Waals surface area contributed by atoms with Gasteiger partial charge in [0.25, 0.3) is 0 Å².